The number of benzene rings is 2. The third-order valence-corrected chi connectivity index (χ3v) is 4.50. The summed E-state index contributed by atoms with van der Waals surface area (Å²) in [7, 11) is 0. The topological polar surface area (TPSA) is 12.0 Å². The lowest BCUT2D eigenvalue weighted by atomic mass is 9.79. The summed E-state index contributed by atoms with van der Waals surface area (Å²) >= 11 is 11.4. The van der Waals surface area contributed by atoms with Gasteiger partial charge in [0.05, 0.1) is 11.0 Å². The first-order valence-electron chi connectivity index (χ1n) is 7.97. The number of thiocarbonyl (C=S) groups is 1. The maximum absolute atomic E-state index is 6.06. The van der Waals surface area contributed by atoms with Gasteiger partial charge in [0.1, 0.15) is 0 Å². The summed E-state index contributed by atoms with van der Waals surface area (Å²) in [5.41, 5.74) is 3.80. The Morgan fingerprint density at radius 3 is 1.96 bits per heavy atom. The zero-order chi connectivity index (χ0) is 17.0. The molecule has 23 heavy (non-hydrogen) atoms. The zero-order valence-electron chi connectivity index (χ0n) is 14.1. The predicted molar refractivity (Wildman–Crippen MR) is 104 cm³/mol. The van der Waals surface area contributed by atoms with Crippen molar-refractivity contribution in [3.05, 3.63) is 70.2 Å². The minimum atomic E-state index is 0.147. The van der Waals surface area contributed by atoms with Crippen molar-refractivity contribution < 1.29 is 0 Å². The SMILES string of the molecule is CC(=S)NC(c1ccc(C)cc1)C(c1ccc(Cl)cc1)C(C)C. The molecule has 1 N–H and O–H groups in total. The van der Waals surface area contributed by atoms with Crippen LogP contribution in [0.1, 0.15) is 49.4 Å². The van der Waals surface area contributed by atoms with Crippen molar-refractivity contribution in [2.45, 2.75) is 39.7 Å². The summed E-state index contributed by atoms with van der Waals surface area (Å²) in [6.07, 6.45) is 0. The van der Waals surface area contributed by atoms with Gasteiger partial charge in [-0.15, -0.1) is 0 Å². The minimum Gasteiger partial charge on any atom is -0.372 e. The molecule has 2 unspecified atom stereocenters. The molecule has 0 fully saturated rings. The van der Waals surface area contributed by atoms with E-state index < -0.39 is 0 Å². The van der Waals surface area contributed by atoms with Gasteiger partial charge in [0.15, 0.2) is 0 Å². The van der Waals surface area contributed by atoms with E-state index in [2.05, 4.69) is 62.5 Å². The Hall–Kier alpha value is -1.38. The van der Waals surface area contributed by atoms with Gasteiger partial charge in [0.2, 0.25) is 0 Å². The normalized spacial score (nSPS) is 13.7. The Kier molecular flexibility index (Phi) is 6.20. The average Bonchev–Trinajstić information content (AvgIpc) is 2.48. The number of nitrogens with one attached hydrogen (secondary N) is 1. The summed E-state index contributed by atoms with van der Waals surface area (Å²) in [6, 6.07) is 17.0. The van der Waals surface area contributed by atoms with Crippen LogP contribution in [-0.4, -0.2) is 4.99 Å². The largest absolute Gasteiger partial charge is 0.372 e. The molecule has 0 spiro atoms. The van der Waals surface area contributed by atoms with Crippen LogP contribution in [0, 0.1) is 12.8 Å². The fourth-order valence-corrected chi connectivity index (χ4v) is 3.27. The Morgan fingerprint density at radius 1 is 0.957 bits per heavy atom. The quantitative estimate of drug-likeness (QED) is 0.660. The molecule has 0 radical (unpaired) electrons. The van der Waals surface area contributed by atoms with Gasteiger partial charge < -0.3 is 5.32 Å². The van der Waals surface area contributed by atoms with Gasteiger partial charge >= 0.3 is 0 Å². The van der Waals surface area contributed by atoms with E-state index in [0.29, 0.717) is 11.8 Å². The molecule has 1 nitrogen and oxygen atoms in total. The molecule has 2 atom stereocenters. The lowest BCUT2D eigenvalue weighted by Gasteiger charge is -2.32. The molecule has 0 heterocycles. The highest BCUT2D eigenvalue weighted by Gasteiger charge is 2.27. The second-order valence-corrected chi connectivity index (χ2v) is 7.46. The van der Waals surface area contributed by atoms with Crippen LogP contribution in [0.4, 0.5) is 0 Å². The average molecular weight is 346 g/mol. The highest BCUT2D eigenvalue weighted by Crippen LogP contribution is 2.37. The van der Waals surface area contributed by atoms with Crippen LogP contribution in [0.3, 0.4) is 0 Å². The monoisotopic (exact) mass is 345 g/mol. The first kappa shape index (κ1) is 18.0. The lowest BCUT2D eigenvalue weighted by Crippen LogP contribution is -2.32. The molecule has 0 bridgehead atoms. The van der Waals surface area contributed by atoms with E-state index >= 15 is 0 Å². The minimum absolute atomic E-state index is 0.147. The van der Waals surface area contributed by atoms with Crippen molar-refractivity contribution in [1.82, 2.24) is 5.32 Å². The van der Waals surface area contributed by atoms with Gasteiger partial charge in [0, 0.05) is 10.9 Å². The van der Waals surface area contributed by atoms with E-state index in [-0.39, 0.29) is 6.04 Å². The van der Waals surface area contributed by atoms with E-state index in [1.54, 1.807) is 0 Å². The zero-order valence-corrected chi connectivity index (χ0v) is 15.7. The van der Waals surface area contributed by atoms with Crippen molar-refractivity contribution in [1.29, 1.82) is 0 Å². The second kappa shape index (κ2) is 7.94. The Balaban J connectivity index is 2.46. The predicted octanol–water partition coefficient (Wildman–Crippen LogP) is 6.07. The summed E-state index contributed by atoms with van der Waals surface area (Å²) < 4.78 is 0. The molecule has 2 aromatic carbocycles. The third kappa shape index (κ3) is 4.79. The molecule has 0 aliphatic carbocycles. The van der Waals surface area contributed by atoms with E-state index in [1.807, 2.05) is 19.1 Å². The summed E-state index contributed by atoms with van der Waals surface area (Å²) in [5, 5.41) is 4.27. The van der Waals surface area contributed by atoms with E-state index in [1.165, 1.54) is 16.7 Å². The molecular weight excluding hydrogens is 322 g/mol. The van der Waals surface area contributed by atoms with Gasteiger partial charge in [-0.05, 0) is 43.0 Å². The Labute approximate surface area is 150 Å². The fourth-order valence-electron chi connectivity index (χ4n) is 3.02. The highest BCUT2D eigenvalue weighted by atomic mass is 35.5. The van der Waals surface area contributed by atoms with Crippen LogP contribution in [0.25, 0.3) is 0 Å². The molecule has 0 saturated heterocycles. The summed E-state index contributed by atoms with van der Waals surface area (Å²) in [5.74, 6) is 0.775. The number of hydrogen-bond donors (Lipinski definition) is 1. The smallest absolute Gasteiger partial charge is 0.0726 e. The molecule has 3 heteroatoms. The van der Waals surface area contributed by atoms with Crippen LogP contribution in [0.2, 0.25) is 5.02 Å². The molecule has 0 saturated carbocycles. The van der Waals surface area contributed by atoms with Crippen molar-refractivity contribution in [2.24, 2.45) is 5.92 Å². The van der Waals surface area contributed by atoms with Crippen molar-refractivity contribution in [3.8, 4) is 0 Å². The number of rotatable bonds is 5. The van der Waals surface area contributed by atoms with Crippen molar-refractivity contribution in [3.63, 3.8) is 0 Å². The van der Waals surface area contributed by atoms with Crippen LogP contribution in [0.15, 0.2) is 48.5 Å². The molecule has 2 rings (SSSR count). The van der Waals surface area contributed by atoms with Crippen LogP contribution >= 0.6 is 23.8 Å². The van der Waals surface area contributed by atoms with Gasteiger partial charge in [-0.2, -0.15) is 0 Å². The van der Waals surface area contributed by atoms with E-state index in [0.717, 1.165) is 10.0 Å². The van der Waals surface area contributed by atoms with Crippen LogP contribution < -0.4 is 5.32 Å². The maximum atomic E-state index is 6.06. The molecule has 0 aliphatic heterocycles. The van der Waals surface area contributed by atoms with E-state index in [4.69, 9.17) is 23.8 Å². The maximum Gasteiger partial charge on any atom is 0.0726 e. The molecule has 2 aromatic rings. The Morgan fingerprint density at radius 2 is 1.48 bits per heavy atom. The molecule has 122 valence electrons. The number of halogens is 1. The van der Waals surface area contributed by atoms with Gasteiger partial charge in [-0.3, -0.25) is 0 Å². The van der Waals surface area contributed by atoms with Gasteiger partial charge in [0.25, 0.3) is 0 Å². The van der Waals surface area contributed by atoms with Crippen LogP contribution in [-0.2, 0) is 0 Å². The first-order chi connectivity index (χ1) is 10.9. The van der Waals surface area contributed by atoms with Crippen molar-refractivity contribution >= 4 is 28.8 Å². The van der Waals surface area contributed by atoms with Gasteiger partial charge in [-0.1, -0.05) is 79.6 Å². The van der Waals surface area contributed by atoms with Crippen LogP contribution in [0.5, 0.6) is 0 Å². The second-order valence-electron chi connectivity index (χ2n) is 6.41. The lowest BCUT2D eigenvalue weighted by molar-refractivity contribution is 0.402. The standard InChI is InChI=1S/C20H24ClNS/c1-13(2)19(16-9-11-18(21)12-10-16)20(22-15(4)23)17-7-5-14(3)6-8-17/h5-13,19-20H,1-4H3,(H,22,23). The highest BCUT2D eigenvalue weighted by molar-refractivity contribution is 7.80. The summed E-state index contributed by atoms with van der Waals surface area (Å²) in [4.78, 5) is 0.815. The molecule has 0 aliphatic rings. The number of aryl methyl sites for hydroxylation is 1. The number of hydrogen-bond acceptors (Lipinski definition) is 1. The first-order valence-corrected chi connectivity index (χ1v) is 8.76. The van der Waals surface area contributed by atoms with E-state index in [9.17, 15) is 0 Å². The molecule has 0 amide bonds. The molecule has 0 aromatic heterocycles. The summed E-state index contributed by atoms with van der Waals surface area (Å²) in [6.45, 7) is 8.55. The van der Waals surface area contributed by atoms with Gasteiger partial charge in [-0.25, -0.2) is 0 Å². The van der Waals surface area contributed by atoms with Crippen molar-refractivity contribution in [2.75, 3.05) is 0 Å². The molecular formula is C20H24ClNS. The Bertz CT molecular complexity index is 646. The third-order valence-electron chi connectivity index (χ3n) is 4.13. The fraction of sp³-hybridized carbons (Fsp3) is 0.350.